The Morgan fingerprint density at radius 1 is 0.964 bits per heavy atom. The summed E-state index contributed by atoms with van der Waals surface area (Å²) in [4.78, 5) is 12.2. The van der Waals surface area contributed by atoms with E-state index in [9.17, 15) is 4.79 Å². The fourth-order valence-electron chi connectivity index (χ4n) is 2.89. The summed E-state index contributed by atoms with van der Waals surface area (Å²) in [6.45, 7) is 1.58. The van der Waals surface area contributed by atoms with Crippen LogP contribution < -0.4 is 34.3 Å². The molecule has 0 radical (unpaired) electrons. The molecule has 2 aromatic carbocycles. The summed E-state index contributed by atoms with van der Waals surface area (Å²) in [5.41, 5.74) is 1.59. The molecule has 0 saturated carbocycles. The average molecular weight is 388 g/mol. The number of urea groups is 1. The Bertz CT molecular complexity index is 814. The zero-order chi connectivity index (χ0) is 19.9. The maximum atomic E-state index is 12.2. The second kappa shape index (κ2) is 9.07. The molecule has 1 aliphatic rings. The zero-order valence-electron chi connectivity index (χ0n) is 16.2. The molecule has 8 nitrogen and oxygen atoms in total. The predicted molar refractivity (Wildman–Crippen MR) is 104 cm³/mol. The van der Waals surface area contributed by atoms with Crippen LogP contribution in [0.3, 0.4) is 0 Å². The number of amides is 2. The van der Waals surface area contributed by atoms with Crippen molar-refractivity contribution in [3.63, 3.8) is 0 Å². The van der Waals surface area contributed by atoms with Gasteiger partial charge < -0.3 is 34.3 Å². The Morgan fingerprint density at radius 3 is 2.29 bits per heavy atom. The molecule has 0 saturated heterocycles. The largest absolute Gasteiger partial charge is 0.493 e. The van der Waals surface area contributed by atoms with Gasteiger partial charge in [0.05, 0.1) is 27.0 Å². The minimum absolute atomic E-state index is 0.327. The molecule has 0 aromatic heterocycles. The maximum Gasteiger partial charge on any atom is 0.319 e. The van der Waals surface area contributed by atoms with Gasteiger partial charge in [0, 0.05) is 18.7 Å². The molecular formula is C20H24N2O6. The van der Waals surface area contributed by atoms with Crippen LogP contribution in [0.5, 0.6) is 28.7 Å². The monoisotopic (exact) mass is 388 g/mol. The van der Waals surface area contributed by atoms with Gasteiger partial charge in [0.15, 0.2) is 23.0 Å². The first kappa shape index (κ1) is 19.5. The van der Waals surface area contributed by atoms with E-state index in [1.54, 1.807) is 12.1 Å². The number of rotatable bonds is 7. The summed E-state index contributed by atoms with van der Waals surface area (Å²) >= 11 is 0. The second-order valence-electron chi connectivity index (χ2n) is 6.02. The SMILES string of the molecule is COc1cc(NC(=O)NCCc2ccc3c(c2)OCCO3)cc(OC)c1OC. The van der Waals surface area contributed by atoms with Crippen LogP contribution in [-0.4, -0.2) is 47.1 Å². The van der Waals surface area contributed by atoms with Crippen LogP contribution in [0.25, 0.3) is 0 Å². The van der Waals surface area contributed by atoms with Crippen molar-refractivity contribution < 1.29 is 28.5 Å². The number of methoxy groups -OCH3 is 3. The first-order valence-corrected chi connectivity index (χ1v) is 8.88. The summed E-state index contributed by atoms with van der Waals surface area (Å²) in [5, 5.41) is 5.60. The van der Waals surface area contributed by atoms with Crippen LogP contribution in [0.2, 0.25) is 0 Å². The number of carbonyl (C=O) groups excluding carboxylic acids is 1. The van der Waals surface area contributed by atoms with E-state index in [4.69, 9.17) is 23.7 Å². The Hall–Kier alpha value is -3.29. The van der Waals surface area contributed by atoms with E-state index in [-0.39, 0.29) is 6.03 Å². The lowest BCUT2D eigenvalue weighted by Gasteiger charge is -2.19. The molecule has 0 unspecified atom stereocenters. The predicted octanol–water partition coefficient (Wildman–Crippen LogP) is 2.85. The van der Waals surface area contributed by atoms with Gasteiger partial charge in [-0.25, -0.2) is 4.79 Å². The highest BCUT2D eigenvalue weighted by Crippen LogP contribution is 2.39. The molecule has 28 heavy (non-hydrogen) atoms. The normalized spacial score (nSPS) is 12.1. The van der Waals surface area contributed by atoms with E-state index in [0.717, 1.165) is 17.1 Å². The van der Waals surface area contributed by atoms with Crippen LogP contribution in [0, 0.1) is 0 Å². The van der Waals surface area contributed by atoms with Gasteiger partial charge in [-0.05, 0) is 24.1 Å². The summed E-state index contributed by atoms with van der Waals surface area (Å²) in [6.07, 6.45) is 0.666. The lowest BCUT2D eigenvalue weighted by Crippen LogP contribution is -2.30. The summed E-state index contributed by atoms with van der Waals surface area (Å²) < 4.78 is 26.9. The van der Waals surface area contributed by atoms with Crippen LogP contribution in [0.15, 0.2) is 30.3 Å². The van der Waals surface area contributed by atoms with Crippen molar-refractivity contribution in [2.75, 3.05) is 46.4 Å². The maximum absolute atomic E-state index is 12.2. The third-order valence-electron chi connectivity index (χ3n) is 4.23. The summed E-state index contributed by atoms with van der Waals surface area (Å²) in [7, 11) is 4.57. The highest BCUT2D eigenvalue weighted by Gasteiger charge is 2.15. The summed E-state index contributed by atoms with van der Waals surface area (Å²) in [6, 6.07) is 8.80. The van der Waals surface area contributed by atoms with E-state index < -0.39 is 0 Å². The summed E-state index contributed by atoms with van der Waals surface area (Å²) in [5.74, 6) is 2.89. The molecule has 2 amide bonds. The van der Waals surface area contributed by atoms with Crippen molar-refractivity contribution in [1.29, 1.82) is 0 Å². The van der Waals surface area contributed by atoms with E-state index in [0.29, 0.717) is 49.1 Å². The Kier molecular flexibility index (Phi) is 6.31. The number of hydrogen-bond donors (Lipinski definition) is 2. The topological polar surface area (TPSA) is 87.3 Å². The standard InChI is InChI=1S/C20H24N2O6/c1-24-17-11-14(12-18(25-2)19(17)26-3)22-20(23)21-7-6-13-4-5-15-16(10-13)28-9-8-27-15/h4-5,10-12H,6-9H2,1-3H3,(H2,21,22,23). The van der Waals surface area contributed by atoms with E-state index >= 15 is 0 Å². The number of ether oxygens (including phenoxy) is 5. The molecule has 2 N–H and O–H groups in total. The zero-order valence-corrected chi connectivity index (χ0v) is 16.2. The molecule has 8 heteroatoms. The van der Waals surface area contributed by atoms with E-state index in [1.807, 2.05) is 18.2 Å². The second-order valence-corrected chi connectivity index (χ2v) is 6.02. The lowest BCUT2D eigenvalue weighted by molar-refractivity contribution is 0.171. The van der Waals surface area contributed by atoms with Crippen molar-refractivity contribution in [2.45, 2.75) is 6.42 Å². The van der Waals surface area contributed by atoms with Crippen molar-refractivity contribution in [3.8, 4) is 28.7 Å². The smallest absolute Gasteiger partial charge is 0.319 e. The Labute approximate surface area is 163 Å². The average Bonchev–Trinajstić information content (AvgIpc) is 2.72. The molecule has 150 valence electrons. The molecule has 0 atom stereocenters. The number of carbonyl (C=O) groups is 1. The lowest BCUT2D eigenvalue weighted by atomic mass is 10.1. The molecule has 0 spiro atoms. The third-order valence-corrected chi connectivity index (χ3v) is 4.23. The fourth-order valence-corrected chi connectivity index (χ4v) is 2.89. The van der Waals surface area contributed by atoms with Crippen molar-refractivity contribution >= 4 is 11.7 Å². The molecule has 2 aromatic rings. The molecule has 0 fully saturated rings. The van der Waals surface area contributed by atoms with E-state index in [2.05, 4.69) is 10.6 Å². The van der Waals surface area contributed by atoms with Gasteiger partial charge in [0.25, 0.3) is 0 Å². The number of fused-ring (bicyclic) bond motifs is 1. The van der Waals surface area contributed by atoms with Gasteiger partial charge in [0.1, 0.15) is 13.2 Å². The van der Waals surface area contributed by atoms with Crippen LogP contribution >= 0.6 is 0 Å². The number of benzene rings is 2. The third kappa shape index (κ3) is 4.51. The fraction of sp³-hybridized carbons (Fsp3) is 0.350. The van der Waals surface area contributed by atoms with Crippen LogP contribution in [0.4, 0.5) is 10.5 Å². The van der Waals surface area contributed by atoms with Crippen LogP contribution in [-0.2, 0) is 6.42 Å². The molecular weight excluding hydrogens is 364 g/mol. The van der Waals surface area contributed by atoms with Crippen LogP contribution in [0.1, 0.15) is 5.56 Å². The van der Waals surface area contributed by atoms with Gasteiger partial charge in [-0.15, -0.1) is 0 Å². The van der Waals surface area contributed by atoms with Crippen molar-refractivity contribution in [2.24, 2.45) is 0 Å². The molecule has 1 aliphatic heterocycles. The van der Waals surface area contributed by atoms with Crippen molar-refractivity contribution in [3.05, 3.63) is 35.9 Å². The molecule has 0 bridgehead atoms. The number of nitrogens with one attached hydrogen (secondary N) is 2. The number of hydrogen-bond acceptors (Lipinski definition) is 6. The molecule has 1 heterocycles. The number of anilines is 1. The van der Waals surface area contributed by atoms with Crippen molar-refractivity contribution in [1.82, 2.24) is 5.32 Å². The van der Waals surface area contributed by atoms with Gasteiger partial charge in [-0.1, -0.05) is 6.07 Å². The molecule has 0 aliphatic carbocycles. The quantitative estimate of drug-likeness (QED) is 0.758. The minimum Gasteiger partial charge on any atom is -0.493 e. The van der Waals surface area contributed by atoms with Gasteiger partial charge >= 0.3 is 6.03 Å². The first-order valence-electron chi connectivity index (χ1n) is 8.88. The van der Waals surface area contributed by atoms with Gasteiger partial charge in [-0.2, -0.15) is 0 Å². The highest BCUT2D eigenvalue weighted by atomic mass is 16.6. The highest BCUT2D eigenvalue weighted by molar-refractivity contribution is 5.90. The minimum atomic E-state index is -0.327. The molecule has 3 rings (SSSR count). The Balaban J connectivity index is 1.56. The van der Waals surface area contributed by atoms with Gasteiger partial charge in [0.2, 0.25) is 5.75 Å². The first-order chi connectivity index (χ1) is 13.6. The van der Waals surface area contributed by atoms with E-state index in [1.165, 1.54) is 21.3 Å². The van der Waals surface area contributed by atoms with Gasteiger partial charge in [-0.3, -0.25) is 0 Å². The Morgan fingerprint density at radius 2 is 1.64 bits per heavy atom.